The SMILES string of the molecule is O=C(O)C(O)C(=O)OCC1OC(Oc2ccc3c(=O)c(-c4ccc(O)cc4)coc3c2)C(O)C(O)C1O. The number of rotatable bonds is 7. The van der Waals surface area contributed by atoms with Gasteiger partial charge in [-0.3, -0.25) is 4.79 Å². The van der Waals surface area contributed by atoms with Crippen LogP contribution in [0.3, 0.4) is 0 Å². The lowest BCUT2D eigenvalue weighted by molar-refractivity contribution is -0.279. The minimum Gasteiger partial charge on any atom is -0.508 e. The molecule has 0 saturated carbocycles. The Hall–Kier alpha value is -4.01. The first-order valence-electron chi connectivity index (χ1n) is 10.9. The fourth-order valence-electron chi connectivity index (χ4n) is 3.65. The van der Waals surface area contributed by atoms with Crippen LogP contribution in [-0.4, -0.2) is 86.0 Å². The molecule has 6 atom stereocenters. The van der Waals surface area contributed by atoms with Gasteiger partial charge in [0.05, 0.1) is 10.9 Å². The number of benzene rings is 2. The van der Waals surface area contributed by atoms with Gasteiger partial charge in [0.25, 0.3) is 0 Å². The number of ether oxygens (including phenoxy) is 3. The van der Waals surface area contributed by atoms with Crippen LogP contribution in [0.5, 0.6) is 11.5 Å². The normalized spacial score (nSPS) is 24.4. The second kappa shape index (κ2) is 10.5. The molecule has 196 valence electrons. The third kappa shape index (κ3) is 5.40. The molecule has 1 saturated heterocycles. The maximum atomic E-state index is 12.9. The second-order valence-electron chi connectivity index (χ2n) is 8.19. The summed E-state index contributed by atoms with van der Waals surface area (Å²) in [6.45, 7) is -0.763. The Morgan fingerprint density at radius 2 is 1.70 bits per heavy atom. The van der Waals surface area contributed by atoms with E-state index in [1.165, 1.54) is 36.6 Å². The van der Waals surface area contributed by atoms with E-state index in [4.69, 9.17) is 19.0 Å². The van der Waals surface area contributed by atoms with Gasteiger partial charge in [0.1, 0.15) is 54.4 Å². The van der Waals surface area contributed by atoms with Crippen LogP contribution in [0.1, 0.15) is 0 Å². The third-order valence-corrected chi connectivity index (χ3v) is 5.69. The fourth-order valence-corrected chi connectivity index (χ4v) is 3.65. The van der Waals surface area contributed by atoms with Gasteiger partial charge in [0.15, 0.2) is 5.43 Å². The highest BCUT2D eigenvalue weighted by Gasteiger charge is 2.45. The Kier molecular flexibility index (Phi) is 7.42. The van der Waals surface area contributed by atoms with Crippen LogP contribution >= 0.6 is 0 Å². The maximum Gasteiger partial charge on any atom is 0.346 e. The van der Waals surface area contributed by atoms with Gasteiger partial charge in [0, 0.05) is 6.07 Å². The van der Waals surface area contributed by atoms with E-state index >= 15 is 0 Å². The quantitative estimate of drug-likeness (QED) is 0.169. The van der Waals surface area contributed by atoms with Crippen molar-refractivity contribution in [1.29, 1.82) is 0 Å². The molecule has 0 bridgehead atoms. The molecule has 6 unspecified atom stereocenters. The van der Waals surface area contributed by atoms with Gasteiger partial charge in [-0.25, -0.2) is 9.59 Å². The molecule has 2 heterocycles. The highest BCUT2D eigenvalue weighted by atomic mass is 16.7. The van der Waals surface area contributed by atoms with E-state index in [2.05, 4.69) is 4.74 Å². The van der Waals surface area contributed by atoms with Crippen LogP contribution < -0.4 is 10.2 Å². The van der Waals surface area contributed by atoms with Crippen LogP contribution in [0.2, 0.25) is 0 Å². The van der Waals surface area contributed by atoms with Crippen molar-refractivity contribution in [3.05, 3.63) is 59.0 Å². The van der Waals surface area contributed by atoms with Crippen molar-refractivity contribution in [3.63, 3.8) is 0 Å². The largest absolute Gasteiger partial charge is 0.508 e. The molecule has 13 heteroatoms. The molecule has 6 N–H and O–H groups in total. The minimum atomic E-state index is -2.45. The molecule has 0 aliphatic carbocycles. The van der Waals surface area contributed by atoms with Gasteiger partial charge in [-0.15, -0.1) is 0 Å². The molecule has 2 aromatic carbocycles. The number of carbonyl (C=O) groups excluding carboxylic acids is 1. The van der Waals surface area contributed by atoms with Gasteiger partial charge in [0.2, 0.25) is 12.4 Å². The van der Waals surface area contributed by atoms with E-state index in [-0.39, 0.29) is 33.5 Å². The lowest BCUT2D eigenvalue weighted by Gasteiger charge is -2.39. The average molecular weight is 518 g/mol. The average Bonchev–Trinajstić information content (AvgIpc) is 2.88. The van der Waals surface area contributed by atoms with E-state index in [9.17, 15) is 39.9 Å². The highest BCUT2D eigenvalue weighted by Crippen LogP contribution is 2.28. The molecule has 4 rings (SSSR count). The van der Waals surface area contributed by atoms with Crippen LogP contribution in [0.15, 0.2) is 57.9 Å². The Labute approximate surface area is 207 Å². The first kappa shape index (κ1) is 26.1. The summed E-state index contributed by atoms with van der Waals surface area (Å²) >= 11 is 0. The summed E-state index contributed by atoms with van der Waals surface area (Å²) in [4.78, 5) is 35.1. The zero-order valence-corrected chi connectivity index (χ0v) is 18.8. The van der Waals surface area contributed by atoms with Crippen molar-refractivity contribution in [2.24, 2.45) is 0 Å². The van der Waals surface area contributed by atoms with E-state index in [0.29, 0.717) is 5.56 Å². The van der Waals surface area contributed by atoms with Crippen molar-refractivity contribution >= 4 is 22.9 Å². The summed E-state index contributed by atoms with van der Waals surface area (Å²) in [7, 11) is 0. The van der Waals surface area contributed by atoms with E-state index in [1.54, 1.807) is 12.1 Å². The molecule has 37 heavy (non-hydrogen) atoms. The number of aliphatic hydroxyl groups excluding tert-OH is 4. The van der Waals surface area contributed by atoms with Crippen molar-refractivity contribution in [2.45, 2.75) is 36.8 Å². The number of hydrogen-bond acceptors (Lipinski definition) is 12. The number of aromatic hydroxyl groups is 1. The topological polar surface area (TPSA) is 213 Å². The molecule has 1 aliphatic heterocycles. The van der Waals surface area contributed by atoms with Gasteiger partial charge in [-0.1, -0.05) is 12.1 Å². The summed E-state index contributed by atoms with van der Waals surface area (Å²) in [5.74, 6) is -3.26. The van der Waals surface area contributed by atoms with Gasteiger partial charge in [-0.05, 0) is 29.8 Å². The highest BCUT2D eigenvalue weighted by molar-refractivity contribution is 5.96. The zero-order valence-electron chi connectivity index (χ0n) is 18.8. The van der Waals surface area contributed by atoms with Crippen molar-refractivity contribution in [2.75, 3.05) is 6.61 Å². The van der Waals surface area contributed by atoms with Crippen LogP contribution in [0.4, 0.5) is 0 Å². The van der Waals surface area contributed by atoms with E-state index in [0.717, 1.165) is 0 Å². The predicted octanol–water partition coefficient (Wildman–Crippen LogP) is -0.659. The summed E-state index contributed by atoms with van der Waals surface area (Å²) in [5.41, 5.74) is 0.567. The van der Waals surface area contributed by atoms with E-state index in [1.807, 2.05) is 0 Å². The third-order valence-electron chi connectivity index (χ3n) is 5.69. The molecule has 3 aromatic rings. The molecular formula is C24H22O13. The lowest BCUT2D eigenvalue weighted by Crippen LogP contribution is -2.60. The zero-order chi connectivity index (χ0) is 26.9. The summed E-state index contributed by atoms with van der Waals surface area (Å²) in [5, 5.41) is 58.1. The smallest absolute Gasteiger partial charge is 0.346 e. The van der Waals surface area contributed by atoms with Gasteiger partial charge >= 0.3 is 11.9 Å². The van der Waals surface area contributed by atoms with Crippen LogP contribution in [-0.2, 0) is 19.1 Å². The Morgan fingerprint density at radius 1 is 1.00 bits per heavy atom. The first-order chi connectivity index (χ1) is 17.6. The van der Waals surface area contributed by atoms with Crippen molar-refractivity contribution < 1.29 is 58.9 Å². The lowest BCUT2D eigenvalue weighted by atomic mass is 9.99. The van der Waals surface area contributed by atoms with Gasteiger partial charge < -0.3 is 49.3 Å². The monoisotopic (exact) mass is 518 g/mol. The number of carbonyl (C=O) groups is 2. The number of fused-ring (bicyclic) bond motifs is 1. The van der Waals surface area contributed by atoms with Crippen molar-refractivity contribution in [3.8, 4) is 22.6 Å². The Bertz CT molecular complexity index is 1350. The number of esters is 1. The maximum absolute atomic E-state index is 12.9. The molecular weight excluding hydrogens is 496 g/mol. The second-order valence-corrected chi connectivity index (χ2v) is 8.19. The first-order valence-corrected chi connectivity index (χ1v) is 10.9. The standard InChI is InChI=1S/C24H22O13/c25-11-3-1-10(2-4-11)14-8-34-15-7-12(5-6-13(15)17(14)26)36-24-20(29)19(28)18(27)16(37-24)9-35-23(33)21(30)22(31)32/h1-8,16,18-21,24-25,27-30H,9H2,(H,31,32). The predicted molar refractivity (Wildman–Crippen MR) is 121 cm³/mol. The van der Waals surface area contributed by atoms with E-state index < -0.39 is 55.4 Å². The molecule has 13 nitrogen and oxygen atoms in total. The number of carboxylic acids is 1. The Balaban J connectivity index is 1.51. The molecule has 0 spiro atoms. The number of phenols is 1. The molecule has 1 fully saturated rings. The number of aliphatic hydroxyl groups is 4. The minimum absolute atomic E-state index is 0.0405. The number of phenolic OH excluding ortho intramolecular Hbond substituents is 1. The number of hydrogen-bond donors (Lipinski definition) is 6. The van der Waals surface area contributed by atoms with Crippen molar-refractivity contribution in [1.82, 2.24) is 0 Å². The van der Waals surface area contributed by atoms with Crippen LogP contribution in [0, 0.1) is 0 Å². The Morgan fingerprint density at radius 3 is 2.38 bits per heavy atom. The molecule has 1 aromatic heterocycles. The van der Waals surface area contributed by atoms with Crippen LogP contribution in [0.25, 0.3) is 22.1 Å². The summed E-state index contributed by atoms with van der Waals surface area (Å²) in [6.07, 6.45) is -9.51. The summed E-state index contributed by atoms with van der Waals surface area (Å²) < 4.78 is 21.1. The summed E-state index contributed by atoms with van der Waals surface area (Å²) in [6, 6.07) is 10.1. The molecule has 0 amide bonds. The van der Waals surface area contributed by atoms with Gasteiger partial charge in [-0.2, -0.15) is 0 Å². The number of carboxylic acid groups (broad SMARTS) is 1. The molecule has 0 radical (unpaired) electrons. The number of aliphatic carboxylic acids is 1. The fraction of sp³-hybridized carbons (Fsp3) is 0.292. The molecule has 1 aliphatic rings.